The molecule has 0 aromatic heterocycles. The largest absolute Gasteiger partial charge is 0.376 e. The van der Waals surface area contributed by atoms with Crippen molar-refractivity contribution in [2.75, 3.05) is 25.5 Å². The van der Waals surface area contributed by atoms with Crippen molar-refractivity contribution >= 4 is 29.1 Å². The fourth-order valence-electron chi connectivity index (χ4n) is 3.86. The molecule has 2 N–H and O–H groups in total. The molecule has 2 amide bonds. The molecule has 2 aromatic carbocycles. The van der Waals surface area contributed by atoms with Crippen LogP contribution in [0.1, 0.15) is 48.0 Å². The monoisotopic (exact) mass is 427 g/mol. The molecule has 0 radical (unpaired) electrons. The van der Waals surface area contributed by atoms with E-state index < -0.39 is 0 Å². The molecular weight excluding hydrogens is 398 g/mol. The summed E-state index contributed by atoms with van der Waals surface area (Å²) >= 11 is 6.39. The third-order valence-corrected chi connectivity index (χ3v) is 5.99. The summed E-state index contributed by atoms with van der Waals surface area (Å²) in [7, 11) is 1.86. The van der Waals surface area contributed by atoms with Crippen molar-refractivity contribution in [2.24, 2.45) is 0 Å². The van der Waals surface area contributed by atoms with Gasteiger partial charge < -0.3 is 15.5 Å². The summed E-state index contributed by atoms with van der Waals surface area (Å²) in [5, 5.41) is 6.37. The zero-order valence-electron chi connectivity index (χ0n) is 17.5. The van der Waals surface area contributed by atoms with Crippen LogP contribution in [0.15, 0.2) is 48.5 Å². The quantitative estimate of drug-likeness (QED) is 0.651. The average Bonchev–Trinajstić information content (AvgIpc) is 2.78. The van der Waals surface area contributed by atoms with E-state index in [0.29, 0.717) is 23.2 Å². The standard InChI is InChI=1S/C24H30ClN3O2/c1-28(20-10-6-3-7-11-20)24(30)21-13-12-19(16-22(21)25)27-17-23(29)26-15-14-18-8-4-2-5-9-18/h2,4-5,8-9,12-13,16,20,27H,3,6-7,10-11,14-15,17H2,1H3,(H,26,29). The summed E-state index contributed by atoms with van der Waals surface area (Å²) in [5.74, 6) is -0.128. The lowest BCUT2D eigenvalue weighted by Gasteiger charge is -2.31. The Morgan fingerprint density at radius 1 is 1.07 bits per heavy atom. The molecule has 5 nitrogen and oxygen atoms in total. The van der Waals surface area contributed by atoms with Crippen LogP contribution in [-0.2, 0) is 11.2 Å². The zero-order valence-corrected chi connectivity index (χ0v) is 18.3. The first-order valence-corrected chi connectivity index (χ1v) is 11.0. The number of hydrogen-bond donors (Lipinski definition) is 2. The third-order valence-electron chi connectivity index (χ3n) is 5.67. The highest BCUT2D eigenvalue weighted by Crippen LogP contribution is 2.26. The summed E-state index contributed by atoms with van der Waals surface area (Å²) in [6.07, 6.45) is 6.50. The van der Waals surface area contributed by atoms with Gasteiger partial charge in [0.1, 0.15) is 0 Å². The molecule has 0 unspecified atom stereocenters. The van der Waals surface area contributed by atoms with E-state index in [1.807, 2.05) is 42.3 Å². The molecule has 30 heavy (non-hydrogen) atoms. The van der Waals surface area contributed by atoms with Gasteiger partial charge in [-0.2, -0.15) is 0 Å². The maximum atomic E-state index is 12.8. The lowest BCUT2D eigenvalue weighted by Crippen LogP contribution is -2.38. The van der Waals surface area contributed by atoms with Gasteiger partial charge in [-0.1, -0.05) is 61.2 Å². The minimum Gasteiger partial charge on any atom is -0.376 e. The van der Waals surface area contributed by atoms with Crippen molar-refractivity contribution in [3.63, 3.8) is 0 Å². The highest BCUT2D eigenvalue weighted by Gasteiger charge is 2.24. The molecule has 0 aliphatic heterocycles. The lowest BCUT2D eigenvalue weighted by molar-refractivity contribution is -0.119. The van der Waals surface area contributed by atoms with E-state index in [0.717, 1.165) is 24.9 Å². The van der Waals surface area contributed by atoms with Crippen molar-refractivity contribution < 1.29 is 9.59 Å². The van der Waals surface area contributed by atoms with Crippen LogP contribution in [-0.4, -0.2) is 42.9 Å². The number of benzene rings is 2. The van der Waals surface area contributed by atoms with Crippen molar-refractivity contribution in [3.8, 4) is 0 Å². The highest BCUT2D eigenvalue weighted by atomic mass is 35.5. The Morgan fingerprint density at radius 3 is 2.50 bits per heavy atom. The molecule has 6 heteroatoms. The van der Waals surface area contributed by atoms with Crippen molar-refractivity contribution in [1.82, 2.24) is 10.2 Å². The second-order valence-electron chi connectivity index (χ2n) is 7.84. The normalized spacial score (nSPS) is 14.2. The number of nitrogens with one attached hydrogen (secondary N) is 2. The summed E-state index contributed by atoms with van der Waals surface area (Å²) in [6.45, 7) is 0.743. The van der Waals surface area contributed by atoms with E-state index in [1.54, 1.807) is 18.2 Å². The van der Waals surface area contributed by atoms with Gasteiger partial charge in [-0.05, 0) is 43.0 Å². The zero-order chi connectivity index (χ0) is 21.3. The van der Waals surface area contributed by atoms with E-state index in [2.05, 4.69) is 10.6 Å². The fraction of sp³-hybridized carbons (Fsp3) is 0.417. The molecule has 0 saturated heterocycles. The number of carbonyl (C=O) groups excluding carboxylic acids is 2. The minimum atomic E-state index is -0.0840. The molecular formula is C24H30ClN3O2. The lowest BCUT2D eigenvalue weighted by atomic mass is 9.94. The Kier molecular flexibility index (Phi) is 8.14. The summed E-state index contributed by atoms with van der Waals surface area (Å²) in [4.78, 5) is 26.7. The van der Waals surface area contributed by atoms with Crippen molar-refractivity contribution in [2.45, 2.75) is 44.6 Å². The number of amides is 2. The molecule has 0 bridgehead atoms. The maximum absolute atomic E-state index is 12.8. The predicted molar refractivity (Wildman–Crippen MR) is 122 cm³/mol. The second kappa shape index (κ2) is 11.0. The molecule has 0 spiro atoms. The van der Waals surface area contributed by atoms with Crippen molar-refractivity contribution in [3.05, 3.63) is 64.7 Å². The molecule has 0 heterocycles. The first-order valence-electron chi connectivity index (χ1n) is 10.7. The van der Waals surface area contributed by atoms with E-state index in [9.17, 15) is 9.59 Å². The number of rotatable bonds is 8. The van der Waals surface area contributed by atoms with E-state index in [1.165, 1.54) is 24.8 Å². The second-order valence-corrected chi connectivity index (χ2v) is 8.25. The van der Waals surface area contributed by atoms with Gasteiger partial charge in [0.2, 0.25) is 5.91 Å². The topological polar surface area (TPSA) is 61.4 Å². The Labute approximate surface area is 183 Å². The number of anilines is 1. The van der Waals surface area contributed by atoms with Crippen LogP contribution < -0.4 is 10.6 Å². The van der Waals surface area contributed by atoms with E-state index >= 15 is 0 Å². The van der Waals surface area contributed by atoms with Gasteiger partial charge in [-0.25, -0.2) is 0 Å². The molecule has 160 valence electrons. The molecule has 2 aromatic rings. The van der Waals surface area contributed by atoms with Gasteiger partial charge in [-0.3, -0.25) is 9.59 Å². The van der Waals surface area contributed by atoms with E-state index in [-0.39, 0.29) is 18.4 Å². The highest BCUT2D eigenvalue weighted by molar-refractivity contribution is 6.34. The minimum absolute atomic E-state index is 0.0443. The van der Waals surface area contributed by atoms with Gasteiger partial charge in [0.15, 0.2) is 0 Å². The summed E-state index contributed by atoms with van der Waals surface area (Å²) < 4.78 is 0. The smallest absolute Gasteiger partial charge is 0.255 e. The number of nitrogens with zero attached hydrogens (tertiary/aromatic N) is 1. The van der Waals surface area contributed by atoms with Crippen LogP contribution >= 0.6 is 11.6 Å². The molecule has 0 atom stereocenters. The van der Waals surface area contributed by atoms with Crippen LogP contribution in [0.2, 0.25) is 5.02 Å². The maximum Gasteiger partial charge on any atom is 0.255 e. The predicted octanol–water partition coefficient (Wildman–Crippen LogP) is 4.52. The van der Waals surface area contributed by atoms with Gasteiger partial charge in [0, 0.05) is 25.3 Å². The van der Waals surface area contributed by atoms with Crippen LogP contribution in [0.25, 0.3) is 0 Å². The van der Waals surface area contributed by atoms with Crippen LogP contribution in [0, 0.1) is 0 Å². The van der Waals surface area contributed by atoms with Crippen LogP contribution in [0.5, 0.6) is 0 Å². The Morgan fingerprint density at radius 2 is 1.80 bits per heavy atom. The fourth-order valence-corrected chi connectivity index (χ4v) is 4.12. The van der Waals surface area contributed by atoms with Gasteiger partial charge in [0.05, 0.1) is 17.1 Å². The average molecular weight is 428 g/mol. The number of carbonyl (C=O) groups is 2. The summed E-state index contributed by atoms with van der Waals surface area (Å²) in [6, 6.07) is 15.6. The Bertz CT molecular complexity index is 851. The van der Waals surface area contributed by atoms with Gasteiger partial charge in [-0.15, -0.1) is 0 Å². The Balaban J connectivity index is 1.47. The molecule has 1 saturated carbocycles. The first-order chi connectivity index (χ1) is 14.5. The first kappa shape index (κ1) is 22.2. The van der Waals surface area contributed by atoms with Crippen LogP contribution in [0.3, 0.4) is 0 Å². The molecule has 1 fully saturated rings. The Hall–Kier alpha value is -2.53. The summed E-state index contributed by atoms with van der Waals surface area (Å²) in [5.41, 5.74) is 2.41. The van der Waals surface area contributed by atoms with E-state index in [4.69, 9.17) is 11.6 Å². The SMILES string of the molecule is CN(C(=O)c1ccc(NCC(=O)NCCc2ccccc2)cc1Cl)C1CCCCC1. The van der Waals surface area contributed by atoms with Gasteiger partial charge in [0.25, 0.3) is 5.91 Å². The molecule has 3 rings (SSSR count). The third kappa shape index (κ3) is 6.23. The molecule has 1 aliphatic rings. The number of hydrogen-bond acceptors (Lipinski definition) is 3. The van der Waals surface area contributed by atoms with Gasteiger partial charge >= 0.3 is 0 Å². The van der Waals surface area contributed by atoms with Crippen LogP contribution in [0.4, 0.5) is 5.69 Å². The number of halogens is 1. The van der Waals surface area contributed by atoms with Crippen molar-refractivity contribution in [1.29, 1.82) is 0 Å². The molecule has 1 aliphatic carbocycles.